The highest BCUT2D eigenvalue weighted by atomic mass is 15.1. The normalized spacial score (nSPS) is 12.9. The largest absolute Gasteiger partial charge is 0.309 e. The molecule has 1 aliphatic carbocycles. The Morgan fingerprint density at radius 1 is 0.418 bits per heavy atom. The van der Waals surface area contributed by atoms with Gasteiger partial charge in [-0.1, -0.05) is 146 Å². The Hall–Kier alpha value is -7.23. The molecule has 3 nitrogen and oxygen atoms in total. The van der Waals surface area contributed by atoms with E-state index in [4.69, 9.17) is 0 Å². The van der Waals surface area contributed by atoms with Gasteiger partial charge in [0.05, 0.1) is 28.3 Å². The van der Waals surface area contributed by atoms with Crippen LogP contribution in [0.3, 0.4) is 0 Å². The summed E-state index contributed by atoms with van der Waals surface area (Å²) >= 11 is 0. The van der Waals surface area contributed by atoms with Gasteiger partial charge < -0.3 is 9.47 Å². The summed E-state index contributed by atoms with van der Waals surface area (Å²) in [6, 6.07) is 73.1. The second-order valence-corrected chi connectivity index (χ2v) is 14.4. The van der Waals surface area contributed by atoms with E-state index >= 15 is 0 Å². The molecule has 0 radical (unpaired) electrons. The number of aromatic nitrogens is 2. The highest BCUT2D eigenvalue weighted by Gasteiger charge is 2.45. The minimum Gasteiger partial charge on any atom is -0.309 e. The first-order valence-electron chi connectivity index (χ1n) is 18.9. The molecule has 0 atom stereocenters. The van der Waals surface area contributed by atoms with Crippen molar-refractivity contribution in [1.29, 1.82) is 0 Å². The van der Waals surface area contributed by atoms with Gasteiger partial charge in [-0.2, -0.15) is 0 Å². The summed E-state index contributed by atoms with van der Waals surface area (Å²) in [5.74, 6) is 0. The summed E-state index contributed by atoms with van der Waals surface area (Å²) in [6.45, 7) is 0. The van der Waals surface area contributed by atoms with Crippen LogP contribution in [0.2, 0.25) is 0 Å². The van der Waals surface area contributed by atoms with Crippen molar-refractivity contribution in [3.05, 3.63) is 235 Å². The van der Waals surface area contributed by atoms with Gasteiger partial charge in [-0.3, -0.25) is 4.98 Å². The molecule has 1 aliphatic rings. The van der Waals surface area contributed by atoms with Crippen molar-refractivity contribution >= 4 is 49.6 Å². The van der Waals surface area contributed by atoms with Gasteiger partial charge in [0, 0.05) is 34.0 Å². The molecule has 11 rings (SSSR count). The molecular formula is C52H35N3. The predicted octanol–water partition coefficient (Wildman–Crippen LogP) is 13.2. The summed E-state index contributed by atoms with van der Waals surface area (Å²) in [5, 5.41) is 4.91. The van der Waals surface area contributed by atoms with Crippen molar-refractivity contribution in [2.45, 2.75) is 5.41 Å². The lowest BCUT2D eigenvalue weighted by Crippen LogP contribution is -2.28. The number of hydrogen-bond acceptors (Lipinski definition) is 2. The quantitative estimate of drug-likeness (QED) is 0.172. The third kappa shape index (κ3) is 4.73. The summed E-state index contributed by atoms with van der Waals surface area (Å²) in [4.78, 5) is 6.91. The number of benzene rings is 8. The average Bonchev–Trinajstić information content (AvgIpc) is 3.75. The van der Waals surface area contributed by atoms with E-state index in [0.29, 0.717) is 0 Å². The zero-order valence-corrected chi connectivity index (χ0v) is 30.0. The van der Waals surface area contributed by atoms with E-state index in [1.807, 2.05) is 18.5 Å². The monoisotopic (exact) mass is 701 g/mol. The fourth-order valence-corrected chi connectivity index (χ4v) is 9.20. The first kappa shape index (κ1) is 31.3. The van der Waals surface area contributed by atoms with Crippen LogP contribution in [0.5, 0.6) is 0 Å². The van der Waals surface area contributed by atoms with Gasteiger partial charge in [-0.25, -0.2) is 0 Å². The van der Waals surface area contributed by atoms with Gasteiger partial charge in [0.1, 0.15) is 0 Å². The Bertz CT molecular complexity index is 2990. The molecule has 0 saturated carbocycles. The van der Waals surface area contributed by atoms with Crippen molar-refractivity contribution in [2.75, 3.05) is 4.90 Å². The van der Waals surface area contributed by atoms with E-state index in [1.54, 1.807) is 0 Å². The van der Waals surface area contributed by atoms with Crippen LogP contribution in [0.4, 0.5) is 17.1 Å². The maximum Gasteiger partial charge on any atom is 0.0713 e. The third-order valence-electron chi connectivity index (χ3n) is 11.5. The predicted molar refractivity (Wildman–Crippen MR) is 228 cm³/mol. The smallest absolute Gasteiger partial charge is 0.0713 e. The first-order chi connectivity index (χ1) is 27.3. The van der Waals surface area contributed by atoms with Crippen LogP contribution in [0.25, 0.3) is 49.4 Å². The zero-order valence-electron chi connectivity index (χ0n) is 30.0. The molecule has 0 unspecified atom stereocenters. The Balaban J connectivity index is 1.11. The Morgan fingerprint density at radius 2 is 1.05 bits per heavy atom. The second-order valence-electron chi connectivity index (χ2n) is 14.4. The number of hydrogen-bond donors (Lipinski definition) is 0. The number of rotatable bonds is 6. The van der Waals surface area contributed by atoms with Gasteiger partial charge in [-0.15, -0.1) is 0 Å². The number of fused-ring (bicyclic) bond motifs is 7. The van der Waals surface area contributed by atoms with Crippen LogP contribution in [0.15, 0.2) is 213 Å². The fraction of sp³-hybridized carbons (Fsp3) is 0.0192. The number of nitrogens with zero attached hydrogens (tertiary/aromatic N) is 3. The molecule has 0 spiro atoms. The van der Waals surface area contributed by atoms with Crippen LogP contribution in [-0.4, -0.2) is 9.55 Å². The SMILES string of the molecule is c1ccc(C2(c3ccc(N(c4cccnc4)c4ccc5c6ccccc6n(-c6ccc7ccccc7c6)c5c4)cc3)c3ccccc3-c3ccccc32)cc1. The maximum absolute atomic E-state index is 4.58. The second kappa shape index (κ2) is 12.4. The summed E-state index contributed by atoms with van der Waals surface area (Å²) in [6.07, 6.45) is 3.79. The van der Waals surface area contributed by atoms with Crippen LogP contribution in [-0.2, 0) is 5.41 Å². The topological polar surface area (TPSA) is 21.1 Å². The minimum absolute atomic E-state index is 0.453. The molecule has 0 fully saturated rings. The van der Waals surface area contributed by atoms with Gasteiger partial charge in [-0.05, 0) is 98.8 Å². The van der Waals surface area contributed by atoms with E-state index in [-0.39, 0.29) is 0 Å². The lowest BCUT2D eigenvalue weighted by atomic mass is 9.68. The number of para-hydroxylation sites is 1. The lowest BCUT2D eigenvalue weighted by Gasteiger charge is -2.34. The molecule has 2 heterocycles. The molecule has 8 aromatic carbocycles. The highest BCUT2D eigenvalue weighted by Crippen LogP contribution is 2.56. The van der Waals surface area contributed by atoms with Crippen molar-refractivity contribution in [2.24, 2.45) is 0 Å². The number of pyridine rings is 1. The first-order valence-corrected chi connectivity index (χ1v) is 18.9. The minimum atomic E-state index is -0.453. The van der Waals surface area contributed by atoms with E-state index in [2.05, 4.69) is 209 Å². The van der Waals surface area contributed by atoms with Gasteiger partial charge in [0.25, 0.3) is 0 Å². The standard InChI is InChI=1S/C52H35N3/c1-2-15-38(16-3-1)52(48-21-9-6-18-44(48)45-19-7-10-22-49(45)52)39-25-28-40(29-26-39)54(43-17-12-32-53-35-43)42-30-31-47-46-20-8-11-23-50(46)55(51(47)34-42)41-27-24-36-13-4-5-14-37(36)33-41/h1-35H. The average molecular weight is 702 g/mol. The van der Waals surface area contributed by atoms with Crippen LogP contribution in [0, 0.1) is 0 Å². The van der Waals surface area contributed by atoms with Crippen LogP contribution in [0.1, 0.15) is 22.3 Å². The molecule has 0 N–H and O–H groups in total. The van der Waals surface area contributed by atoms with E-state index in [1.165, 1.54) is 60.4 Å². The molecule has 258 valence electrons. The molecule has 0 saturated heterocycles. The highest BCUT2D eigenvalue weighted by molar-refractivity contribution is 6.10. The molecule has 2 aromatic heterocycles. The number of anilines is 3. The van der Waals surface area contributed by atoms with E-state index in [0.717, 1.165) is 28.3 Å². The molecule has 0 aliphatic heterocycles. The molecular weight excluding hydrogens is 667 g/mol. The Labute approximate surface area is 320 Å². The molecule has 10 aromatic rings. The van der Waals surface area contributed by atoms with E-state index in [9.17, 15) is 0 Å². The van der Waals surface area contributed by atoms with Gasteiger partial charge in [0.2, 0.25) is 0 Å². The van der Waals surface area contributed by atoms with E-state index < -0.39 is 5.41 Å². The maximum atomic E-state index is 4.58. The summed E-state index contributed by atoms with van der Waals surface area (Å²) < 4.78 is 2.41. The van der Waals surface area contributed by atoms with Gasteiger partial charge >= 0.3 is 0 Å². The molecule has 0 amide bonds. The molecule has 0 bridgehead atoms. The zero-order chi connectivity index (χ0) is 36.3. The molecule has 3 heteroatoms. The summed E-state index contributed by atoms with van der Waals surface area (Å²) in [5.41, 5.74) is 13.8. The van der Waals surface area contributed by atoms with Crippen LogP contribution < -0.4 is 4.90 Å². The Morgan fingerprint density at radius 3 is 1.82 bits per heavy atom. The summed E-state index contributed by atoms with van der Waals surface area (Å²) in [7, 11) is 0. The third-order valence-corrected chi connectivity index (χ3v) is 11.5. The van der Waals surface area contributed by atoms with Crippen molar-refractivity contribution in [3.63, 3.8) is 0 Å². The van der Waals surface area contributed by atoms with Crippen molar-refractivity contribution in [1.82, 2.24) is 9.55 Å². The van der Waals surface area contributed by atoms with Crippen molar-refractivity contribution in [3.8, 4) is 16.8 Å². The van der Waals surface area contributed by atoms with Crippen molar-refractivity contribution < 1.29 is 0 Å². The Kier molecular flexibility index (Phi) is 7.08. The fourth-order valence-electron chi connectivity index (χ4n) is 9.20. The lowest BCUT2D eigenvalue weighted by molar-refractivity contribution is 0.768. The molecule has 55 heavy (non-hydrogen) atoms. The van der Waals surface area contributed by atoms with Gasteiger partial charge in [0.15, 0.2) is 0 Å². The van der Waals surface area contributed by atoms with Crippen LogP contribution >= 0.6 is 0 Å².